The van der Waals surface area contributed by atoms with E-state index in [4.69, 9.17) is 0 Å². The summed E-state index contributed by atoms with van der Waals surface area (Å²) in [6, 6.07) is 12.5. The van der Waals surface area contributed by atoms with E-state index < -0.39 is 0 Å². The summed E-state index contributed by atoms with van der Waals surface area (Å²) < 4.78 is 15.2. The Morgan fingerprint density at radius 3 is 2.89 bits per heavy atom. The van der Waals surface area contributed by atoms with Crippen molar-refractivity contribution in [3.8, 4) is 11.5 Å². The molecule has 7 heteroatoms. The van der Waals surface area contributed by atoms with Crippen molar-refractivity contribution in [1.82, 2.24) is 19.9 Å². The van der Waals surface area contributed by atoms with E-state index in [9.17, 15) is 9.18 Å². The molecule has 0 unspecified atom stereocenters. The third kappa shape index (κ3) is 3.59. The third-order valence-electron chi connectivity index (χ3n) is 4.33. The Hall–Kier alpha value is -3.06. The van der Waals surface area contributed by atoms with Crippen molar-refractivity contribution >= 4 is 28.3 Å². The van der Waals surface area contributed by atoms with Crippen LogP contribution in [0.15, 0.2) is 53.4 Å². The van der Waals surface area contributed by atoms with Gasteiger partial charge in [0.1, 0.15) is 18.1 Å². The van der Waals surface area contributed by atoms with E-state index in [1.54, 1.807) is 24.6 Å². The van der Waals surface area contributed by atoms with Crippen LogP contribution in [0.1, 0.15) is 11.1 Å². The molecule has 4 rings (SSSR count). The van der Waals surface area contributed by atoms with Gasteiger partial charge < -0.3 is 9.88 Å². The standard InChI is InChI=1S/C20H17FN4OS/c1-13-8-14(6-7-15(13)21)9-22-19(26)10-25-18-5-3-2-4-16(18)24-20(25)17-11-27-12-23-17/h2-8,11-12H,9-10H2,1H3,(H,22,26). The van der Waals surface area contributed by atoms with Crippen LogP contribution in [-0.4, -0.2) is 20.4 Å². The number of carbonyl (C=O) groups is 1. The van der Waals surface area contributed by atoms with Crippen molar-refractivity contribution in [1.29, 1.82) is 0 Å². The van der Waals surface area contributed by atoms with Gasteiger partial charge in [-0.1, -0.05) is 24.3 Å². The topological polar surface area (TPSA) is 59.8 Å². The Labute approximate surface area is 159 Å². The number of rotatable bonds is 5. The molecule has 136 valence electrons. The maximum absolute atomic E-state index is 13.4. The van der Waals surface area contributed by atoms with Crippen LogP contribution < -0.4 is 5.32 Å². The van der Waals surface area contributed by atoms with Crippen LogP contribution in [0.2, 0.25) is 0 Å². The number of para-hydroxylation sites is 2. The highest BCUT2D eigenvalue weighted by molar-refractivity contribution is 7.07. The molecule has 0 fully saturated rings. The summed E-state index contributed by atoms with van der Waals surface area (Å²) in [6.07, 6.45) is 0. The molecular formula is C20H17FN4OS. The molecule has 0 radical (unpaired) electrons. The quantitative estimate of drug-likeness (QED) is 0.571. The second-order valence-electron chi connectivity index (χ2n) is 6.24. The maximum atomic E-state index is 13.4. The molecule has 2 heterocycles. The predicted octanol–water partition coefficient (Wildman–Crippen LogP) is 3.92. The number of hydrogen-bond acceptors (Lipinski definition) is 4. The van der Waals surface area contributed by atoms with Gasteiger partial charge in [0, 0.05) is 11.9 Å². The minimum atomic E-state index is -0.247. The number of halogens is 1. The van der Waals surface area contributed by atoms with Gasteiger partial charge >= 0.3 is 0 Å². The fourth-order valence-corrected chi connectivity index (χ4v) is 3.50. The van der Waals surface area contributed by atoms with Crippen LogP contribution in [0, 0.1) is 12.7 Å². The highest BCUT2D eigenvalue weighted by Crippen LogP contribution is 2.24. The molecule has 0 bridgehead atoms. The summed E-state index contributed by atoms with van der Waals surface area (Å²) >= 11 is 1.49. The Bertz CT molecular complexity index is 1100. The lowest BCUT2D eigenvalue weighted by Crippen LogP contribution is -2.27. The second kappa shape index (κ2) is 7.28. The zero-order valence-electron chi connectivity index (χ0n) is 14.6. The lowest BCUT2D eigenvalue weighted by atomic mass is 10.1. The molecule has 0 atom stereocenters. The molecule has 5 nitrogen and oxygen atoms in total. The molecular weight excluding hydrogens is 363 g/mol. The van der Waals surface area contributed by atoms with Gasteiger partial charge in [-0.05, 0) is 36.2 Å². The maximum Gasteiger partial charge on any atom is 0.240 e. The number of amides is 1. The molecule has 4 aromatic rings. The Kier molecular flexibility index (Phi) is 4.68. The van der Waals surface area contributed by atoms with Gasteiger partial charge in [0.15, 0.2) is 5.82 Å². The second-order valence-corrected chi connectivity index (χ2v) is 6.96. The average molecular weight is 380 g/mol. The van der Waals surface area contributed by atoms with Crippen LogP contribution in [0.4, 0.5) is 4.39 Å². The van der Waals surface area contributed by atoms with E-state index in [0.717, 1.165) is 22.3 Å². The van der Waals surface area contributed by atoms with Crippen molar-refractivity contribution in [2.45, 2.75) is 20.0 Å². The van der Waals surface area contributed by atoms with Crippen LogP contribution in [0.3, 0.4) is 0 Å². The van der Waals surface area contributed by atoms with E-state index in [0.29, 0.717) is 17.9 Å². The fourth-order valence-electron chi connectivity index (χ4n) is 2.97. The van der Waals surface area contributed by atoms with Crippen LogP contribution >= 0.6 is 11.3 Å². The van der Waals surface area contributed by atoms with Gasteiger partial charge in [0.25, 0.3) is 0 Å². The number of nitrogens with zero attached hydrogens (tertiary/aromatic N) is 3. The number of carbonyl (C=O) groups excluding carboxylic acids is 1. The van der Waals surface area contributed by atoms with Gasteiger partial charge in [-0.3, -0.25) is 4.79 Å². The minimum Gasteiger partial charge on any atom is -0.350 e. The molecule has 1 N–H and O–H groups in total. The Morgan fingerprint density at radius 1 is 1.26 bits per heavy atom. The lowest BCUT2D eigenvalue weighted by Gasteiger charge is -2.10. The van der Waals surface area contributed by atoms with Gasteiger partial charge in [-0.25, -0.2) is 14.4 Å². The van der Waals surface area contributed by atoms with E-state index in [2.05, 4.69) is 15.3 Å². The zero-order chi connectivity index (χ0) is 18.8. The average Bonchev–Trinajstić information content (AvgIpc) is 3.31. The van der Waals surface area contributed by atoms with Gasteiger partial charge in [0.2, 0.25) is 5.91 Å². The lowest BCUT2D eigenvalue weighted by molar-refractivity contribution is -0.121. The summed E-state index contributed by atoms with van der Waals surface area (Å²) in [5.74, 6) is 0.282. The summed E-state index contributed by atoms with van der Waals surface area (Å²) in [6.45, 7) is 2.19. The first-order valence-electron chi connectivity index (χ1n) is 8.47. The molecule has 2 aromatic heterocycles. The monoisotopic (exact) mass is 380 g/mol. The molecule has 0 aliphatic rings. The molecule has 0 saturated heterocycles. The number of fused-ring (bicyclic) bond motifs is 1. The number of thiazole rings is 1. The summed E-state index contributed by atoms with van der Waals surface area (Å²) in [7, 11) is 0. The molecule has 0 spiro atoms. The first-order valence-corrected chi connectivity index (χ1v) is 9.41. The predicted molar refractivity (Wildman–Crippen MR) is 104 cm³/mol. The smallest absolute Gasteiger partial charge is 0.240 e. The number of benzene rings is 2. The van der Waals surface area contributed by atoms with Crippen LogP contribution in [-0.2, 0) is 17.9 Å². The molecule has 1 amide bonds. The van der Waals surface area contributed by atoms with Crippen molar-refractivity contribution in [2.24, 2.45) is 0 Å². The first-order chi connectivity index (χ1) is 13.1. The highest BCUT2D eigenvalue weighted by atomic mass is 32.1. The van der Waals surface area contributed by atoms with E-state index in [1.165, 1.54) is 17.4 Å². The largest absolute Gasteiger partial charge is 0.350 e. The number of imidazole rings is 1. The summed E-state index contributed by atoms with van der Waals surface area (Å²) in [4.78, 5) is 21.5. The van der Waals surface area contributed by atoms with E-state index >= 15 is 0 Å². The van der Waals surface area contributed by atoms with Crippen LogP contribution in [0.25, 0.3) is 22.6 Å². The molecule has 0 aliphatic heterocycles. The van der Waals surface area contributed by atoms with E-state index in [1.807, 2.05) is 34.2 Å². The van der Waals surface area contributed by atoms with Gasteiger partial charge in [-0.2, -0.15) is 0 Å². The molecule has 0 aliphatic carbocycles. The molecule has 27 heavy (non-hydrogen) atoms. The van der Waals surface area contributed by atoms with E-state index in [-0.39, 0.29) is 18.3 Å². The highest BCUT2D eigenvalue weighted by Gasteiger charge is 2.16. The summed E-state index contributed by atoms with van der Waals surface area (Å²) in [5, 5.41) is 4.81. The van der Waals surface area contributed by atoms with Gasteiger partial charge in [0.05, 0.1) is 16.5 Å². The number of nitrogens with one attached hydrogen (secondary N) is 1. The third-order valence-corrected chi connectivity index (χ3v) is 4.92. The minimum absolute atomic E-state index is 0.132. The Balaban J connectivity index is 1.56. The normalized spacial score (nSPS) is 11.0. The van der Waals surface area contributed by atoms with Gasteiger partial charge in [-0.15, -0.1) is 11.3 Å². The zero-order valence-corrected chi connectivity index (χ0v) is 15.5. The van der Waals surface area contributed by atoms with Crippen molar-refractivity contribution in [3.63, 3.8) is 0 Å². The number of aromatic nitrogens is 3. The van der Waals surface area contributed by atoms with Crippen LogP contribution in [0.5, 0.6) is 0 Å². The van der Waals surface area contributed by atoms with Crippen molar-refractivity contribution < 1.29 is 9.18 Å². The van der Waals surface area contributed by atoms with Crippen molar-refractivity contribution in [2.75, 3.05) is 0 Å². The number of aryl methyl sites for hydroxylation is 1. The summed E-state index contributed by atoms with van der Waals surface area (Å²) in [5.41, 5.74) is 5.62. The SMILES string of the molecule is Cc1cc(CNC(=O)Cn2c(-c3cscn3)nc3ccccc32)ccc1F. The van der Waals surface area contributed by atoms with Crippen molar-refractivity contribution in [3.05, 3.63) is 70.3 Å². The first kappa shape index (κ1) is 17.4. The molecule has 0 saturated carbocycles. The Morgan fingerprint density at radius 2 is 2.11 bits per heavy atom. The fraction of sp³-hybridized carbons (Fsp3) is 0.150. The number of hydrogen-bond donors (Lipinski definition) is 1. The molecule has 2 aromatic carbocycles.